The summed E-state index contributed by atoms with van der Waals surface area (Å²) in [6.07, 6.45) is 0. The molecule has 12 aromatic rings. The van der Waals surface area contributed by atoms with Gasteiger partial charge in [-0.15, -0.1) is 0 Å². The zero-order chi connectivity index (χ0) is 45.7. The first-order valence-corrected chi connectivity index (χ1v) is 25.2. The molecule has 70 heavy (non-hydrogen) atoms. The molecule has 17 rings (SSSR count). The van der Waals surface area contributed by atoms with Crippen LogP contribution in [0.1, 0.15) is 0 Å². The monoisotopic (exact) mass is 930 g/mol. The predicted octanol–water partition coefficient (Wildman–Crippen LogP) is 12.1. The van der Waals surface area contributed by atoms with E-state index in [0.717, 1.165) is 61.1 Å². The molecule has 0 saturated heterocycles. The van der Waals surface area contributed by atoms with Crippen LogP contribution >= 0.6 is 23.5 Å². The first-order valence-electron chi connectivity index (χ1n) is 23.6. The van der Waals surface area contributed by atoms with Gasteiger partial charge in [-0.2, -0.15) is 0 Å². The summed E-state index contributed by atoms with van der Waals surface area (Å²) in [6, 6.07) is 64.2. The Bertz CT molecular complexity index is 4110. The van der Waals surface area contributed by atoms with Gasteiger partial charge in [0.1, 0.15) is 34.0 Å². The summed E-state index contributed by atoms with van der Waals surface area (Å²) in [5.41, 5.74) is 21.3. The number of nitrogens with zero attached hydrogens (tertiary/aromatic N) is 2. The molecular weight excluding hydrogens is 898 g/mol. The van der Waals surface area contributed by atoms with E-state index in [1.807, 2.05) is 35.7 Å². The third-order valence-electron chi connectivity index (χ3n) is 15.4. The summed E-state index contributed by atoms with van der Waals surface area (Å²) < 4.78 is 14.2. The Morgan fingerprint density at radius 2 is 0.857 bits per heavy atom. The smallest absolute Gasteiger partial charge is 0.249 e. The Balaban J connectivity index is 1.09. The molecule has 324 valence electrons. The van der Waals surface area contributed by atoms with E-state index in [4.69, 9.17) is 8.83 Å². The van der Waals surface area contributed by atoms with Crippen molar-refractivity contribution >= 4 is 148 Å². The summed E-state index contributed by atoms with van der Waals surface area (Å²) >= 11 is 3.81. The van der Waals surface area contributed by atoms with Gasteiger partial charge >= 0.3 is 0 Å². The molecule has 5 aliphatic rings. The lowest BCUT2D eigenvalue weighted by molar-refractivity contribution is 0.474. The van der Waals surface area contributed by atoms with E-state index in [1.165, 1.54) is 80.3 Å². The molecule has 0 spiro atoms. The number of para-hydroxylation sites is 1. The maximum atomic E-state index is 10.9. The summed E-state index contributed by atoms with van der Waals surface area (Å²) in [4.78, 5) is 10.0. The highest BCUT2D eigenvalue weighted by Crippen LogP contribution is 2.62. The Morgan fingerprint density at radius 1 is 0.386 bits per heavy atom. The third kappa shape index (κ3) is 4.70. The van der Waals surface area contributed by atoms with Crippen molar-refractivity contribution in [3.8, 4) is 33.8 Å². The molecule has 0 radical (unpaired) electrons. The number of phenolic OH excluding ortho intramolecular Hbond substituents is 2. The van der Waals surface area contributed by atoms with Crippen LogP contribution in [-0.2, 0) is 0 Å². The number of furan rings is 2. The van der Waals surface area contributed by atoms with Crippen molar-refractivity contribution in [2.45, 2.75) is 19.6 Å². The topological polar surface area (TPSA) is 73.2 Å². The fraction of sp³-hybridized carbons (Fsp3) is 0. The first-order chi connectivity index (χ1) is 34.6. The van der Waals surface area contributed by atoms with E-state index in [1.54, 1.807) is 24.3 Å². The van der Waals surface area contributed by atoms with Crippen LogP contribution < -0.4 is 42.6 Å². The Morgan fingerprint density at radius 3 is 1.34 bits per heavy atom. The van der Waals surface area contributed by atoms with E-state index in [9.17, 15) is 10.2 Å². The summed E-state index contributed by atoms with van der Waals surface area (Å²) in [6.45, 7) is -0.263. The number of fused-ring (bicyclic) bond motifs is 14. The number of hydrogen-bond acceptors (Lipinski definition) is 8. The molecule has 0 fully saturated rings. The first kappa shape index (κ1) is 37.8. The molecule has 0 saturated carbocycles. The minimum atomic E-state index is -0.131. The normalized spacial score (nSPS) is 14.2. The Labute approximate surface area is 409 Å². The van der Waals surface area contributed by atoms with Gasteiger partial charge in [0, 0.05) is 64.6 Å². The summed E-state index contributed by atoms with van der Waals surface area (Å²) in [5, 5.41) is 25.7. The highest BCUT2D eigenvalue weighted by Gasteiger charge is 2.54. The Kier molecular flexibility index (Phi) is 7.19. The van der Waals surface area contributed by atoms with E-state index in [2.05, 4.69) is 155 Å². The van der Waals surface area contributed by atoms with Crippen LogP contribution in [0.15, 0.2) is 210 Å². The zero-order valence-electron chi connectivity index (χ0n) is 36.9. The van der Waals surface area contributed by atoms with Gasteiger partial charge in [-0.3, -0.25) is 0 Å². The molecule has 0 bridgehead atoms. The molecule has 5 aliphatic heterocycles. The van der Waals surface area contributed by atoms with E-state index < -0.39 is 0 Å². The van der Waals surface area contributed by atoms with Crippen LogP contribution in [0.5, 0.6) is 11.5 Å². The highest BCUT2D eigenvalue weighted by molar-refractivity contribution is 8.01. The van der Waals surface area contributed by atoms with E-state index in [0.29, 0.717) is 11.2 Å². The fourth-order valence-electron chi connectivity index (χ4n) is 12.7. The average molecular weight is 931 g/mol. The van der Waals surface area contributed by atoms with Gasteiger partial charge < -0.3 is 28.8 Å². The van der Waals surface area contributed by atoms with Gasteiger partial charge in [-0.05, 0) is 86.6 Å². The minimum Gasteiger partial charge on any atom is -0.508 e. The quantitative estimate of drug-likeness (QED) is 0.170. The van der Waals surface area contributed by atoms with Gasteiger partial charge in [0.2, 0.25) is 13.4 Å². The van der Waals surface area contributed by atoms with Crippen LogP contribution in [0.25, 0.3) is 66.1 Å². The molecular formula is C60H32B2N2O4S2. The van der Waals surface area contributed by atoms with Gasteiger partial charge in [-0.1, -0.05) is 162 Å². The van der Waals surface area contributed by atoms with Crippen molar-refractivity contribution in [2.75, 3.05) is 9.80 Å². The largest absolute Gasteiger partial charge is 0.508 e. The van der Waals surface area contributed by atoms with Gasteiger partial charge in [-0.25, -0.2) is 0 Å². The minimum absolute atomic E-state index is 0.131. The zero-order valence-corrected chi connectivity index (χ0v) is 38.5. The van der Waals surface area contributed by atoms with Crippen LogP contribution in [0.2, 0.25) is 0 Å². The van der Waals surface area contributed by atoms with Gasteiger partial charge in [0.15, 0.2) is 11.2 Å². The number of aromatic hydroxyl groups is 2. The lowest BCUT2D eigenvalue weighted by atomic mass is 9.30. The fourth-order valence-corrected chi connectivity index (χ4v) is 15.4. The number of rotatable bonds is 3. The van der Waals surface area contributed by atoms with Crippen molar-refractivity contribution < 1.29 is 19.0 Å². The maximum absolute atomic E-state index is 10.9. The standard InChI is InChI=1S/C60H32B2N2O4S2/c65-34-22-24-38-40-28-44-52-55(57(40)67-46(38)26-34)63(33-16-8-3-9-17-33)56-53-45(29-41-39-25-23-35(66)27-47(39)68-58(41)56)62-43-21-11-19-37(32-14-6-2-7-15-32)60(43)70-49-30-48-50(54(51(49)62)64(52)53)61(44)42-20-10-18-36(59(42)69-48)31-12-4-1-5-13-31/h1-30,65-66H. The molecule has 2 aromatic heterocycles. The number of benzene rings is 10. The van der Waals surface area contributed by atoms with Gasteiger partial charge in [0.25, 0.3) is 0 Å². The van der Waals surface area contributed by atoms with Crippen molar-refractivity contribution in [2.24, 2.45) is 0 Å². The van der Waals surface area contributed by atoms with Crippen LogP contribution in [-0.4, -0.2) is 23.6 Å². The molecule has 0 amide bonds. The third-order valence-corrected chi connectivity index (χ3v) is 17.8. The lowest BCUT2D eigenvalue weighted by Crippen LogP contribution is -2.68. The predicted molar refractivity (Wildman–Crippen MR) is 289 cm³/mol. The molecule has 0 aliphatic carbocycles. The number of phenols is 2. The number of hydrogen-bond donors (Lipinski definition) is 2. The van der Waals surface area contributed by atoms with Crippen molar-refractivity contribution in [3.63, 3.8) is 0 Å². The van der Waals surface area contributed by atoms with E-state index in [-0.39, 0.29) is 24.9 Å². The lowest BCUT2D eigenvalue weighted by Gasteiger charge is -2.52. The maximum Gasteiger partial charge on any atom is 0.249 e. The second-order valence-electron chi connectivity index (χ2n) is 18.9. The van der Waals surface area contributed by atoms with Gasteiger partial charge in [0.05, 0.1) is 11.4 Å². The molecule has 10 aromatic carbocycles. The SMILES string of the molecule is Oc1ccc2c(c1)oc1c3c4c(cc12)B1c2cccc(-c5ccccc5)c2Sc2cc5c6c(c21)N4c1c(cc2c(oc4cc(O)ccc42)c1N3c1ccccc1)B6c1cccc(-c2ccccc2)c1S5. The summed E-state index contributed by atoms with van der Waals surface area (Å²) in [7, 11) is 0. The number of anilines is 6. The average Bonchev–Trinajstić information content (AvgIpc) is 3.95. The molecule has 7 heterocycles. The van der Waals surface area contributed by atoms with Crippen molar-refractivity contribution in [3.05, 3.63) is 182 Å². The molecule has 2 N–H and O–H groups in total. The van der Waals surface area contributed by atoms with Crippen LogP contribution in [0, 0.1) is 0 Å². The molecule has 0 atom stereocenters. The van der Waals surface area contributed by atoms with E-state index >= 15 is 0 Å². The molecule has 0 unspecified atom stereocenters. The molecule has 6 nitrogen and oxygen atoms in total. The second kappa shape index (κ2) is 13.3. The highest BCUT2D eigenvalue weighted by atomic mass is 32.2. The summed E-state index contributed by atoms with van der Waals surface area (Å²) in [5.74, 6) is 0.301. The van der Waals surface area contributed by atoms with Crippen LogP contribution in [0.3, 0.4) is 0 Å². The molecule has 10 heteroatoms. The van der Waals surface area contributed by atoms with Crippen molar-refractivity contribution in [1.29, 1.82) is 0 Å². The second-order valence-corrected chi connectivity index (χ2v) is 21.1. The van der Waals surface area contributed by atoms with Crippen molar-refractivity contribution in [1.82, 2.24) is 0 Å². The Hall–Kier alpha value is -8.17. The van der Waals surface area contributed by atoms with Crippen LogP contribution in [0.4, 0.5) is 34.1 Å².